The summed E-state index contributed by atoms with van der Waals surface area (Å²) in [6.45, 7) is 1.25. The molecule has 26 heavy (non-hydrogen) atoms. The molecule has 2 aliphatic rings. The summed E-state index contributed by atoms with van der Waals surface area (Å²) < 4.78 is 5.69. The molecule has 1 aromatic carbocycles. The molecule has 1 amide bonds. The van der Waals surface area contributed by atoms with Crippen molar-refractivity contribution in [2.75, 3.05) is 13.2 Å². The van der Waals surface area contributed by atoms with Crippen LogP contribution >= 0.6 is 0 Å². The number of amides is 1. The summed E-state index contributed by atoms with van der Waals surface area (Å²) in [4.78, 5) is 17.0. The number of hydrogen-bond donors (Lipinski definition) is 2. The first-order valence-electron chi connectivity index (χ1n) is 9.59. The van der Waals surface area contributed by atoms with Crippen molar-refractivity contribution < 1.29 is 14.6 Å². The van der Waals surface area contributed by atoms with E-state index < -0.39 is 0 Å². The number of hydrogen-bond acceptors (Lipinski definition) is 4. The van der Waals surface area contributed by atoms with Crippen molar-refractivity contribution in [3.63, 3.8) is 0 Å². The van der Waals surface area contributed by atoms with Gasteiger partial charge in [-0.2, -0.15) is 0 Å². The Balaban J connectivity index is 1.42. The average molecular weight is 354 g/mol. The number of aromatic nitrogens is 1. The normalized spacial score (nSPS) is 29.0. The lowest BCUT2D eigenvalue weighted by molar-refractivity contribution is -0.127. The fourth-order valence-electron chi connectivity index (χ4n) is 4.21. The minimum atomic E-state index is -0.235. The average Bonchev–Trinajstić information content (AvgIpc) is 3.09. The molecule has 1 aliphatic carbocycles. The van der Waals surface area contributed by atoms with E-state index in [9.17, 15) is 9.90 Å². The molecule has 1 aliphatic heterocycles. The molecule has 5 heteroatoms. The van der Waals surface area contributed by atoms with Crippen LogP contribution in [0.1, 0.15) is 31.2 Å². The lowest BCUT2D eigenvalue weighted by Gasteiger charge is -2.27. The van der Waals surface area contributed by atoms with E-state index >= 15 is 0 Å². The Kier molecular flexibility index (Phi) is 5.18. The van der Waals surface area contributed by atoms with Gasteiger partial charge in [0.05, 0.1) is 30.9 Å². The van der Waals surface area contributed by atoms with Gasteiger partial charge in [-0.25, -0.2) is 0 Å². The van der Waals surface area contributed by atoms with Crippen LogP contribution in [0.3, 0.4) is 0 Å². The summed E-state index contributed by atoms with van der Waals surface area (Å²) >= 11 is 0. The Morgan fingerprint density at radius 1 is 1.15 bits per heavy atom. The highest BCUT2D eigenvalue weighted by Crippen LogP contribution is 2.27. The molecule has 2 N–H and O–H groups in total. The first-order valence-corrected chi connectivity index (χ1v) is 9.59. The molecule has 2 aromatic rings. The predicted molar refractivity (Wildman–Crippen MR) is 99.7 cm³/mol. The zero-order valence-electron chi connectivity index (χ0n) is 14.9. The lowest BCUT2D eigenvalue weighted by atomic mass is 9.86. The van der Waals surface area contributed by atoms with Crippen LogP contribution < -0.4 is 5.32 Å². The molecule has 2 fully saturated rings. The fourth-order valence-corrected chi connectivity index (χ4v) is 4.21. The maximum atomic E-state index is 12.6. The molecule has 1 saturated carbocycles. The molecule has 0 bridgehead atoms. The monoisotopic (exact) mass is 354 g/mol. The van der Waals surface area contributed by atoms with Crippen LogP contribution in [0.25, 0.3) is 10.9 Å². The van der Waals surface area contributed by atoms with E-state index in [1.165, 1.54) is 10.9 Å². The highest BCUT2D eigenvalue weighted by Gasteiger charge is 2.33. The van der Waals surface area contributed by atoms with Crippen molar-refractivity contribution in [1.29, 1.82) is 0 Å². The number of aliphatic hydroxyl groups excluding tert-OH is 1. The molecule has 2 atom stereocenters. The minimum Gasteiger partial charge on any atom is -0.393 e. The van der Waals surface area contributed by atoms with Crippen molar-refractivity contribution in [2.45, 2.75) is 44.2 Å². The van der Waals surface area contributed by atoms with Crippen molar-refractivity contribution in [2.24, 2.45) is 11.8 Å². The largest absolute Gasteiger partial charge is 0.393 e. The van der Waals surface area contributed by atoms with Crippen LogP contribution in [-0.4, -0.2) is 41.4 Å². The summed E-state index contributed by atoms with van der Waals surface area (Å²) in [5.41, 5.74) is 2.26. The lowest BCUT2D eigenvalue weighted by Crippen LogP contribution is -2.44. The highest BCUT2D eigenvalue weighted by molar-refractivity contribution is 5.82. The number of nitrogens with one attached hydrogen (secondary N) is 1. The Morgan fingerprint density at radius 2 is 1.96 bits per heavy atom. The van der Waals surface area contributed by atoms with Crippen LogP contribution in [0, 0.1) is 11.8 Å². The number of para-hydroxylation sites is 1. The van der Waals surface area contributed by atoms with Crippen LogP contribution in [-0.2, 0) is 16.0 Å². The Morgan fingerprint density at radius 3 is 2.81 bits per heavy atom. The second kappa shape index (κ2) is 7.72. The molecule has 5 nitrogen and oxygen atoms in total. The Bertz CT molecular complexity index is 765. The van der Waals surface area contributed by atoms with Gasteiger partial charge >= 0.3 is 0 Å². The summed E-state index contributed by atoms with van der Waals surface area (Å²) in [7, 11) is 0. The SMILES string of the molecule is O=C(N[C@@H]1COC[C@H]1Cc1ccnc2ccccc12)C1CCC(O)CC1. The topological polar surface area (TPSA) is 71.5 Å². The van der Waals surface area contributed by atoms with Gasteiger partial charge in [-0.3, -0.25) is 9.78 Å². The number of carbonyl (C=O) groups excluding carboxylic acids is 1. The molecule has 0 radical (unpaired) electrons. The van der Waals surface area contributed by atoms with Gasteiger partial charge in [0.1, 0.15) is 0 Å². The Labute approximate surface area is 153 Å². The van der Waals surface area contributed by atoms with E-state index in [1.807, 2.05) is 24.4 Å². The number of rotatable bonds is 4. The number of pyridine rings is 1. The first kappa shape index (κ1) is 17.4. The van der Waals surface area contributed by atoms with Gasteiger partial charge in [-0.15, -0.1) is 0 Å². The van der Waals surface area contributed by atoms with Crippen molar-refractivity contribution in [1.82, 2.24) is 10.3 Å². The number of fused-ring (bicyclic) bond motifs is 1. The third-order valence-corrected chi connectivity index (χ3v) is 5.81. The Hall–Kier alpha value is -1.98. The van der Waals surface area contributed by atoms with E-state index in [0.29, 0.717) is 13.2 Å². The summed E-state index contributed by atoms with van der Waals surface area (Å²) in [6.07, 6.45) is 5.51. The molecule has 138 valence electrons. The van der Waals surface area contributed by atoms with Gasteiger partial charge in [-0.05, 0) is 49.8 Å². The minimum absolute atomic E-state index is 0.0291. The number of carbonyl (C=O) groups is 1. The van der Waals surface area contributed by atoms with Crippen LogP contribution in [0.5, 0.6) is 0 Å². The molecule has 0 spiro atoms. The number of aliphatic hydroxyl groups is 1. The second-order valence-electron chi connectivity index (χ2n) is 7.61. The van der Waals surface area contributed by atoms with Crippen LogP contribution in [0.15, 0.2) is 36.5 Å². The molecule has 0 unspecified atom stereocenters. The standard InChI is InChI=1S/C21H26N2O3/c24-17-7-5-14(6-8-17)21(25)23-20-13-26-12-16(20)11-15-9-10-22-19-4-2-1-3-18(15)19/h1-4,9-10,14,16-17,20,24H,5-8,11-13H2,(H,23,25)/t14?,16-,17?,20-/m1/s1. The maximum absolute atomic E-state index is 12.6. The van der Waals surface area contributed by atoms with Crippen LogP contribution in [0.4, 0.5) is 0 Å². The molecular formula is C21H26N2O3. The van der Waals surface area contributed by atoms with Crippen molar-refractivity contribution >= 4 is 16.8 Å². The molecular weight excluding hydrogens is 328 g/mol. The van der Waals surface area contributed by atoms with Gasteiger partial charge in [0, 0.05) is 23.4 Å². The van der Waals surface area contributed by atoms with E-state index in [2.05, 4.69) is 22.4 Å². The molecule has 4 rings (SSSR count). The molecule has 2 heterocycles. The number of ether oxygens (including phenoxy) is 1. The third kappa shape index (κ3) is 3.74. The summed E-state index contributed by atoms with van der Waals surface area (Å²) in [5.74, 6) is 0.428. The molecule has 1 saturated heterocycles. The zero-order valence-corrected chi connectivity index (χ0v) is 14.9. The number of benzene rings is 1. The molecule has 1 aromatic heterocycles. The van der Waals surface area contributed by atoms with Crippen molar-refractivity contribution in [3.8, 4) is 0 Å². The van der Waals surface area contributed by atoms with E-state index in [1.54, 1.807) is 0 Å². The fraction of sp³-hybridized carbons (Fsp3) is 0.524. The highest BCUT2D eigenvalue weighted by atomic mass is 16.5. The van der Waals surface area contributed by atoms with E-state index in [-0.39, 0.29) is 29.9 Å². The summed E-state index contributed by atoms with van der Waals surface area (Å²) in [5, 5.41) is 14.0. The third-order valence-electron chi connectivity index (χ3n) is 5.81. The van der Waals surface area contributed by atoms with Gasteiger partial charge in [-0.1, -0.05) is 18.2 Å². The first-order chi connectivity index (χ1) is 12.7. The zero-order chi connectivity index (χ0) is 17.9. The predicted octanol–water partition coefficient (Wildman–Crippen LogP) is 2.46. The second-order valence-corrected chi connectivity index (χ2v) is 7.61. The smallest absolute Gasteiger partial charge is 0.223 e. The van der Waals surface area contributed by atoms with Gasteiger partial charge < -0.3 is 15.2 Å². The number of nitrogens with zero attached hydrogens (tertiary/aromatic N) is 1. The maximum Gasteiger partial charge on any atom is 0.223 e. The van der Waals surface area contributed by atoms with Gasteiger partial charge in [0.25, 0.3) is 0 Å². The van der Waals surface area contributed by atoms with E-state index in [0.717, 1.165) is 37.6 Å². The quantitative estimate of drug-likeness (QED) is 0.885. The van der Waals surface area contributed by atoms with Gasteiger partial charge in [0.15, 0.2) is 0 Å². The summed E-state index contributed by atoms with van der Waals surface area (Å²) in [6, 6.07) is 10.3. The van der Waals surface area contributed by atoms with Gasteiger partial charge in [0.2, 0.25) is 5.91 Å². The van der Waals surface area contributed by atoms with E-state index in [4.69, 9.17) is 4.74 Å². The van der Waals surface area contributed by atoms with Crippen molar-refractivity contribution in [3.05, 3.63) is 42.1 Å². The van der Waals surface area contributed by atoms with Crippen LogP contribution in [0.2, 0.25) is 0 Å².